The van der Waals surface area contributed by atoms with Crippen LogP contribution in [0.1, 0.15) is 12.0 Å². The van der Waals surface area contributed by atoms with E-state index in [9.17, 15) is 13.2 Å². The molecule has 0 aromatic heterocycles. The zero-order valence-electron chi connectivity index (χ0n) is 15.5. The van der Waals surface area contributed by atoms with Crippen molar-refractivity contribution in [3.05, 3.63) is 77.7 Å². The fourth-order valence-corrected chi connectivity index (χ4v) is 4.95. The monoisotopic (exact) mass is 416 g/mol. The highest BCUT2D eigenvalue weighted by atomic mass is 32.2. The number of amides is 1. The van der Waals surface area contributed by atoms with Crippen molar-refractivity contribution in [1.29, 1.82) is 0 Å². The van der Waals surface area contributed by atoms with E-state index in [0.717, 1.165) is 23.6 Å². The Morgan fingerprint density at radius 1 is 1.14 bits per heavy atom. The lowest BCUT2D eigenvalue weighted by Crippen LogP contribution is -2.46. The van der Waals surface area contributed by atoms with Gasteiger partial charge in [0.25, 0.3) is 0 Å². The summed E-state index contributed by atoms with van der Waals surface area (Å²) in [5.74, 6) is 1.39. The Bertz CT molecular complexity index is 894. The number of rotatable bonds is 8. The van der Waals surface area contributed by atoms with Crippen molar-refractivity contribution >= 4 is 27.5 Å². The van der Waals surface area contributed by atoms with Crippen molar-refractivity contribution in [3.8, 4) is 0 Å². The van der Waals surface area contributed by atoms with E-state index in [2.05, 4.69) is 10.6 Å². The van der Waals surface area contributed by atoms with Gasteiger partial charge in [0, 0.05) is 23.1 Å². The zero-order valence-corrected chi connectivity index (χ0v) is 17.1. The van der Waals surface area contributed by atoms with Crippen LogP contribution in [-0.4, -0.2) is 38.0 Å². The molecule has 7 heteroatoms. The molecule has 0 unspecified atom stereocenters. The minimum Gasteiger partial charge on any atom is -0.348 e. The van der Waals surface area contributed by atoms with Gasteiger partial charge >= 0.3 is 0 Å². The smallest absolute Gasteiger partial charge is 0.238 e. The number of benzene rings is 2. The summed E-state index contributed by atoms with van der Waals surface area (Å²) < 4.78 is 25.1. The number of thioether (sulfide) groups is 1. The Labute approximate surface area is 170 Å². The molecule has 2 aromatic carbocycles. The van der Waals surface area contributed by atoms with E-state index < -0.39 is 9.84 Å². The molecular weight excluding hydrogens is 392 g/mol. The highest BCUT2D eigenvalue weighted by Crippen LogP contribution is 2.14. The Morgan fingerprint density at radius 2 is 1.82 bits per heavy atom. The van der Waals surface area contributed by atoms with Gasteiger partial charge in [0.15, 0.2) is 9.84 Å². The quantitative estimate of drug-likeness (QED) is 0.692. The molecule has 0 saturated carbocycles. The van der Waals surface area contributed by atoms with E-state index in [1.807, 2.05) is 30.3 Å². The molecule has 2 aromatic rings. The Morgan fingerprint density at radius 3 is 2.46 bits per heavy atom. The molecule has 1 saturated heterocycles. The van der Waals surface area contributed by atoms with Crippen molar-refractivity contribution in [2.24, 2.45) is 0 Å². The first kappa shape index (κ1) is 20.6. The Balaban J connectivity index is 1.71. The lowest BCUT2D eigenvalue weighted by molar-refractivity contribution is -0.122. The third-order valence-electron chi connectivity index (χ3n) is 4.51. The van der Waals surface area contributed by atoms with Gasteiger partial charge in [0.2, 0.25) is 5.91 Å². The van der Waals surface area contributed by atoms with E-state index >= 15 is 0 Å². The van der Waals surface area contributed by atoms with Crippen molar-refractivity contribution in [3.63, 3.8) is 0 Å². The van der Waals surface area contributed by atoms with Gasteiger partial charge in [-0.3, -0.25) is 10.1 Å². The van der Waals surface area contributed by atoms with Gasteiger partial charge in [-0.15, -0.1) is 11.8 Å². The molecule has 1 heterocycles. The van der Waals surface area contributed by atoms with Crippen LogP contribution < -0.4 is 10.6 Å². The van der Waals surface area contributed by atoms with Gasteiger partial charge in [0.05, 0.1) is 10.9 Å². The van der Waals surface area contributed by atoms with E-state index in [1.165, 1.54) is 5.41 Å². The largest absolute Gasteiger partial charge is 0.348 e. The maximum absolute atomic E-state index is 12.5. The molecule has 0 bridgehead atoms. The summed E-state index contributed by atoms with van der Waals surface area (Å²) in [6, 6.07) is 17.7. The SMILES string of the molecule is O=C(N[C@H](/C=C/S(=O)(=O)c1ccccc1)CCc1ccccc1)[C@@H]1CSCN1. The van der Waals surface area contributed by atoms with Crippen LogP contribution >= 0.6 is 11.8 Å². The second-order valence-corrected chi connectivity index (χ2v) is 9.46. The number of nitrogens with one attached hydrogen (secondary N) is 2. The average molecular weight is 417 g/mol. The van der Waals surface area contributed by atoms with Crippen LogP contribution in [0.5, 0.6) is 0 Å². The first-order valence-corrected chi connectivity index (χ1v) is 11.9. The van der Waals surface area contributed by atoms with Crippen molar-refractivity contribution in [2.45, 2.75) is 29.8 Å². The van der Waals surface area contributed by atoms with Crippen molar-refractivity contribution in [2.75, 3.05) is 11.6 Å². The lowest BCUT2D eigenvalue weighted by atomic mass is 10.0. The van der Waals surface area contributed by atoms with Crippen molar-refractivity contribution in [1.82, 2.24) is 10.6 Å². The minimum atomic E-state index is -3.54. The molecule has 148 valence electrons. The van der Waals surface area contributed by atoms with Crippen LogP contribution in [0.4, 0.5) is 0 Å². The van der Waals surface area contributed by atoms with Crippen LogP contribution in [0.2, 0.25) is 0 Å². The summed E-state index contributed by atoms with van der Waals surface area (Å²) in [5.41, 5.74) is 1.15. The van der Waals surface area contributed by atoms with Gasteiger partial charge in [-0.2, -0.15) is 0 Å². The molecule has 5 nitrogen and oxygen atoms in total. The molecule has 0 aliphatic carbocycles. The summed E-state index contributed by atoms with van der Waals surface area (Å²) in [4.78, 5) is 12.7. The van der Waals surface area contributed by atoms with E-state index in [0.29, 0.717) is 6.42 Å². The third-order valence-corrected chi connectivity index (χ3v) is 6.89. The number of carbonyl (C=O) groups excluding carboxylic acids is 1. The first-order valence-electron chi connectivity index (χ1n) is 9.18. The molecule has 0 radical (unpaired) electrons. The number of hydrogen-bond donors (Lipinski definition) is 2. The fraction of sp³-hybridized carbons (Fsp3) is 0.286. The van der Waals surface area contributed by atoms with E-state index in [-0.39, 0.29) is 22.9 Å². The van der Waals surface area contributed by atoms with Gasteiger partial charge in [-0.1, -0.05) is 54.6 Å². The molecule has 0 spiro atoms. The van der Waals surface area contributed by atoms with Crippen LogP contribution in [-0.2, 0) is 21.1 Å². The summed E-state index contributed by atoms with van der Waals surface area (Å²) >= 11 is 1.68. The highest BCUT2D eigenvalue weighted by Gasteiger charge is 2.24. The maximum Gasteiger partial charge on any atom is 0.238 e. The molecular formula is C21H24N2O3S2. The van der Waals surface area contributed by atoms with Crippen LogP contribution in [0.25, 0.3) is 0 Å². The number of aryl methyl sites for hydroxylation is 1. The summed E-state index contributed by atoms with van der Waals surface area (Å²) in [7, 11) is -3.54. The van der Waals surface area contributed by atoms with Gasteiger partial charge in [0.1, 0.15) is 0 Å². The molecule has 3 rings (SSSR count). The lowest BCUT2D eigenvalue weighted by Gasteiger charge is -2.18. The highest BCUT2D eigenvalue weighted by molar-refractivity contribution is 7.99. The fourth-order valence-electron chi connectivity index (χ4n) is 2.92. The second kappa shape index (κ2) is 9.91. The number of hydrogen-bond acceptors (Lipinski definition) is 5. The predicted molar refractivity (Wildman–Crippen MR) is 114 cm³/mol. The van der Waals surface area contributed by atoms with Gasteiger partial charge in [-0.25, -0.2) is 8.42 Å². The Kier molecular flexibility index (Phi) is 7.30. The minimum absolute atomic E-state index is 0.0928. The van der Waals surface area contributed by atoms with Crippen LogP contribution in [0, 0.1) is 0 Å². The van der Waals surface area contributed by atoms with Crippen molar-refractivity contribution < 1.29 is 13.2 Å². The van der Waals surface area contributed by atoms with Gasteiger partial charge < -0.3 is 5.32 Å². The summed E-state index contributed by atoms with van der Waals surface area (Å²) in [6.07, 6.45) is 2.95. The van der Waals surface area contributed by atoms with E-state index in [1.54, 1.807) is 48.2 Å². The standard InChI is InChI=1S/C21H24N2O3S2/c24-21(20-15-27-16-22-20)23-18(12-11-17-7-3-1-4-8-17)13-14-28(25,26)19-9-5-2-6-10-19/h1-10,13-14,18,20,22H,11-12,15-16H2,(H,23,24)/b14-13+/t18-,20-/m0/s1. The van der Waals surface area contributed by atoms with Crippen LogP contribution in [0.3, 0.4) is 0 Å². The molecule has 2 N–H and O–H groups in total. The zero-order chi connectivity index (χ0) is 19.8. The number of sulfone groups is 1. The second-order valence-electron chi connectivity index (χ2n) is 6.60. The summed E-state index contributed by atoms with van der Waals surface area (Å²) in [6.45, 7) is 0. The topological polar surface area (TPSA) is 75.3 Å². The molecule has 1 amide bonds. The Hall–Kier alpha value is -2.09. The molecule has 1 fully saturated rings. The normalized spacial score (nSPS) is 18.2. The van der Waals surface area contributed by atoms with Gasteiger partial charge in [-0.05, 0) is 30.5 Å². The van der Waals surface area contributed by atoms with Crippen LogP contribution in [0.15, 0.2) is 77.0 Å². The third kappa shape index (κ3) is 5.95. The summed E-state index contributed by atoms with van der Waals surface area (Å²) in [5, 5.41) is 7.33. The predicted octanol–water partition coefficient (Wildman–Crippen LogP) is 2.75. The van der Waals surface area contributed by atoms with E-state index in [4.69, 9.17) is 0 Å². The molecule has 2 atom stereocenters. The molecule has 1 aliphatic heterocycles. The average Bonchev–Trinajstić information content (AvgIpc) is 3.26. The number of carbonyl (C=O) groups is 1. The molecule has 1 aliphatic rings. The molecule has 28 heavy (non-hydrogen) atoms. The first-order chi connectivity index (χ1) is 13.5. The maximum atomic E-state index is 12.5.